The zero-order valence-electron chi connectivity index (χ0n) is 18.5. The number of nitrogens with one attached hydrogen (secondary N) is 1. The summed E-state index contributed by atoms with van der Waals surface area (Å²) >= 11 is 0. The predicted octanol–water partition coefficient (Wildman–Crippen LogP) is 2.91. The van der Waals surface area contributed by atoms with Crippen LogP contribution in [-0.2, 0) is 19.5 Å². The third kappa shape index (κ3) is 5.83. The van der Waals surface area contributed by atoms with Crippen molar-refractivity contribution < 1.29 is 9.59 Å². The molecule has 0 saturated carbocycles. The van der Waals surface area contributed by atoms with Crippen LogP contribution in [0.2, 0.25) is 0 Å². The van der Waals surface area contributed by atoms with E-state index in [4.69, 9.17) is 5.73 Å². The lowest BCUT2D eigenvalue weighted by molar-refractivity contribution is 0.0948. The first kappa shape index (κ1) is 22.7. The summed E-state index contributed by atoms with van der Waals surface area (Å²) in [7, 11) is 0. The topological polar surface area (TPSA) is 107 Å². The molecule has 4 rings (SSSR count). The number of hydrogen-bond donors (Lipinski definition) is 2. The number of carbonyl (C=O) groups is 2. The highest BCUT2D eigenvalue weighted by Crippen LogP contribution is 2.13. The van der Waals surface area contributed by atoms with Gasteiger partial charge in [-0.15, -0.1) is 0 Å². The second-order valence-corrected chi connectivity index (χ2v) is 7.99. The van der Waals surface area contributed by atoms with Gasteiger partial charge in [0.15, 0.2) is 0 Å². The zero-order chi connectivity index (χ0) is 23.9. The molecule has 7 nitrogen and oxygen atoms in total. The average Bonchev–Trinajstić information content (AvgIpc) is 2.85. The van der Waals surface area contributed by atoms with Crippen molar-refractivity contribution in [3.8, 4) is 0 Å². The van der Waals surface area contributed by atoms with E-state index in [2.05, 4.69) is 10.3 Å². The monoisotopic (exact) mass is 452 g/mol. The molecule has 0 aliphatic heterocycles. The number of amides is 2. The van der Waals surface area contributed by atoms with E-state index in [1.807, 2.05) is 36.4 Å². The van der Waals surface area contributed by atoms with Crippen LogP contribution in [-0.4, -0.2) is 21.4 Å². The molecule has 34 heavy (non-hydrogen) atoms. The van der Waals surface area contributed by atoms with Crippen LogP contribution in [0.3, 0.4) is 0 Å². The Hall–Kier alpha value is -4.52. The Morgan fingerprint density at radius 1 is 0.824 bits per heavy atom. The lowest BCUT2D eigenvalue weighted by Crippen LogP contribution is -2.23. The molecule has 4 aromatic rings. The molecule has 0 aliphatic rings. The van der Waals surface area contributed by atoms with Gasteiger partial charge in [-0.1, -0.05) is 42.5 Å². The summed E-state index contributed by atoms with van der Waals surface area (Å²) in [5, 5.41) is 2.87. The van der Waals surface area contributed by atoms with Crippen LogP contribution >= 0.6 is 0 Å². The van der Waals surface area contributed by atoms with Gasteiger partial charge in [0.1, 0.15) is 0 Å². The van der Waals surface area contributed by atoms with Crippen LogP contribution in [0.15, 0.2) is 96.2 Å². The largest absolute Gasteiger partial charge is 0.366 e. The molecule has 0 fully saturated rings. The number of nitrogens with two attached hydrogens (primary N) is 1. The minimum absolute atomic E-state index is 0.0320. The number of aromatic nitrogens is 2. The highest BCUT2D eigenvalue weighted by molar-refractivity contribution is 5.94. The smallest absolute Gasteiger partial charge is 0.253 e. The highest BCUT2D eigenvalue weighted by atomic mass is 16.2. The van der Waals surface area contributed by atoms with Crippen LogP contribution in [0.5, 0.6) is 0 Å². The Bertz CT molecular complexity index is 1360. The van der Waals surface area contributed by atoms with Gasteiger partial charge >= 0.3 is 0 Å². The maximum absolute atomic E-state index is 12.6. The molecule has 2 aromatic carbocycles. The first-order valence-corrected chi connectivity index (χ1v) is 10.8. The van der Waals surface area contributed by atoms with Gasteiger partial charge in [0.25, 0.3) is 11.5 Å². The molecule has 3 N–H and O–H groups in total. The standard InChI is InChI=1S/C27H24N4O3/c28-26(33)23-10-8-20(9-11-23)16-30-27(34)24-14-22(15-29-17-24)13-19-4-6-21(7-5-19)18-31-12-2-1-3-25(31)32/h1-12,14-15,17H,13,16,18H2,(H2,28,33)(H,30,34). The Labute approximate surface area is 196 Å². The summed E-state index contributed by atoms with van der Waals surface area (Å²) in [4.78, 5) is 39.9. The molecule has 0 bridgehead atoms. The van der Waals surface area contributed by atoms with Gasteiger partial charge in [-0.25, -0.2) is 0 Å². The number of benzene rings is 2. The van der Waals surface area contributed by atoms with Gasteiger partial charge < -0.3 is 15.6 Å². The van der Waals surface area contributed by atoms with Crippen molar-refractivity contribution in [1.82, 2.24) is 14.9 Å². The lowest BCUT2D eigenvalue weighted by Gasteiger charge is -2.09. The second-order valence-electron chi connectivity index (χ2n) is 7.99. The molecule has 2 heterocycles. The predicted molar refractivity (Wildman–Crippen MR) is 129 cm³/mol. The number of carbonyl (C=O) groups excluding carboxylic acids is 2. The highest BCUT2D eigenvalue weighted by Gasteiger charge is 2.08. The molecule has 0 radical (unpaired) electrons. The summed E-state index contributed by atoms with van der Waals surface area (Å²) in [5.41, 5.74) is 10.0. The molecule has 0 saturated heterocycles. The molecule has 2 amide bonds. The van der Waals surface area contributed by atoms with Crippen molar-refractivity contribution in [2.45, 2.75) is 19.5 Å². The van der Waals surface area contributed by atoms with Gasteiger partial charge in [0.05, 0.1) is 12.1 Å². The number of primary amides is 1. The normalized spacial score (nSPS) is 10.6. The van der Waals surface area contributed by atoms with Gasteiger partial charge in [-0.05, 0) is 52.9 Å². The van der Waals surface area contributed by atoms with Gasteiger partial charge in [-0.2, -0.15) is 0 Å². The van der Waals surface area contributed by atoms with E-state index in [0.717, 1.165) is 22.3 Å². The summed E-state index contributed by atoms with van der Waals surface area (Å²) in [6.07, 6.45) is 5.69. The molecule has 0 aliphatic carbocycles. The minimum Gasteiger partial charge on any atom is -0.366 e. The van der Waals surface area contributed by atoms with Gasteiger partial charge in [0.2, 0.25) is 5.91 Å². The third-order valence-corrected chi connectivity index (χ3v) is 5.43. The SMILES string of the molecule is NC(=O)c1ccc(CNC(=O)c2cncc(Cc3ccc(Cn4ccccc4=O)cc3)c2)cc1. The maximum Gasteiger partial charge on any atom is 0.253 e. The second kappa shape index (κ2) is 10.4. The number of hydrogen-bond acceptors (Lipinski definition) is 4. The van der Waals surface area contributed by atoms with Crippen LogP contribution in [0, 0.1) is 0 Å². The molecule has 2 aromatic heterocycles. The molecular formula is C27H24N4O3. The fourth-order valence-corrected chi connectivity index (χ4v) is 3.57. The summed E-state index contributed by atoms with van der Waals surface area (Å²) in [5.74, 6) is -0.711. The first-order valence-electron chi connectivity index (χ1n) is 10.8. The quantitative estimate of drug-likeness (QED) is 0.429. The maximum atomic E-state index is 12.6. The Morgan fingerprint density at radius 2 is 1.53 bits per heavy atom. The Balaban J connectivity index is 1.36. The van der Waals surface area contributed by atoms with E-state index < -0.39 is 5.91 Å². The van der Waals surface area contributed by atoms with Crippen molar-refractivity contribution in [1.29, 1.82) is 0 Å². The van der Waals surface area contributed by atoms with E-state index in [-0.39, 0.29) is 11.5 Å². The van der Waals surface area contributed by atoms with E-state index in [0.29, 0.717) is 30.6 Å². The van der Waals surface area contributed by atoms with E-state index in [9.17, 15) is 14.4 Å². The van der Waals surface area contributed by atoms with Gasteiger partial charge in [0, 0.05) is 36.8 Å². The van der Waals surface area contributed by atoms with Crippen LogP contribution in [0.25, 0.3) is 0 Å². The van der Waals surface area contributed by atoms with E-state index in [1.165, 1.54) is 6.20 Å². The molecule has 170 valence electrons. The van der Waals surface area contributed by atoms with Crippen LogP contribution in [0.4, 0.5) is 0 Å². The third-order valence-electron chi connectivity index (χ3n) is 5.43. The minimum atomic E-state index is -0.486. The van der Waals surface area contributed by atoms with E-state index >= 15 is 0 Å². The average molecular weight is 453 g/mol. The molecule has 0 spiro atoms. The summed E-state index contributed by atoms with van der Waals surface area (Å²) in [6, 6.07) is 21.8. The van der Waals surface area contributed by atoms with Crippen LogP contribution < -0.4 is 16.6 Å². The van der Waals surface area contributed by atoms with Gasteiger partial charge in [-0.3, -0.25) is 19.4 Å². The zero-order valence-corrected chi connectivity index (χ0v) is 18.5. The van der Waals surface area contributed by atoms with Crippen molar-refractivity contribution in [3.05, 3.63) is 135 Å². The summed E-state index contributed by atoms with van der Waals surface area (Å²) in [6.45, 7) is 0.844. The number of rotatable bonds is 8. The first-order chi connectivity index (χ1) is 16.5. The van der Waals surface area contributed by atoms with Crippen molar-refractivity contribution in [3.63, 3.8) is 0 Å². The Morgan fingerprint density at radius 3 is 2.24 bits per heavy atom. The molecule has 0 unspecified atom stereocenters. The van der Waals surface area contributed by atoms with Crippen molar-refractivity contribution in [2.24, 2.45) is 5.73 Å². The van der Waals surface area contributed by atoms with E-state index in [1.54, 1.807) is 53.4 Å². The molecule has 0 atom stereocenters. The Kier molecular flexibility index (Phi) is 6.93. The van der Waals surface area contributed by atoms with Crippen molar-refractivity contribution in [2.75, 3.05) is 0 Å². The lowest BCUT2D eigenvalue weighted by atomic mass is 10.0. The number of nitrogens with zero attached hydrogens (tertiary/aromatic N) is 2. The number of pyridine rings is 2. The fourth-order valence-electron chi connectivity index (χ4n) is 3.57. The van der Waals surface area contributed by atoms with Crippen molar-refractivity contribution >= 4 is 11.8 Å². The molecule has 7 heteroatoms. The summed E-state index contributed by atoms with van der Waals surface area (Å²) < 4.78 is 1.66. The molecular weight excluding hydrogens is 428 g/mol. The van der Waals surface area contributed by atoms with Crippen LogP contribution in [0.1, 0.15) is 43.0 Å². The fraction of sp³-hybridized carbons (Fsp3) is 0.111.